The fourth-order valence-corrected chi connectivity index (χ4v) is 2.47. The Balaban J connectivity index is 2.33. The van der Waals surface area contributed by atoms with E-state index in [-0.39, 0.29) is 11.8 Å². The molecule has 102 valence electrons. The zero-order valence-corrected chi connectivity index (χ0v) is 11.3. The molecule has 2 unspecified atom stereocenters. The number of carboxylic acid groups (broad SMARTS) is 1. The minimum absolute atomic E-state index is 0.0300. The number of aryl methyl sites for hydroxylation is 2. The van der Waals surface area contributed by atoms with Gasteiger partial charge in [-0.1, -0.05) is 6.92 Å². The van der Waals surface area contributed by atoms with Crippen LogP contribution in [0.5, 0.6) is 0 Å². The summed E-state index contributed by atoms with van der Waals surface area (Å²) in [5.41, 5.74) is 1.61. The predicted molar refractivity (Wildman–Crippen MR) is 67.7 cm³/mol. The van der Waals surface area contributed by atoms with Crippen LogP contribution in [0.15, 0.2) is 6.07 Å². The normalized spacial score (nSPS) is 22.6. The number of carbonyl (C=O) groups is 2. The number of likely N-dealkylation sites (tertiary alicyclic amines) is 1. The van der Waals surface area contributed by atoms with E-state index in [1.165, 1.54) is 4.90 Å². The minimum Gasteiger partial charge on any atom is -0.480 e. The van der Waals surface area contributed by atoms with Crippen LogP contribution in [0.4, 0.5) is 0 Å². The Labute approximate surface area is 111 Å². The maximum Gasteiger partial charge on any atom is 0.326 e. The average molecular weight is 263 g/mol. The summed E-state index contributed by atoms with van der Waals surface area (Å²) in [5, 5.41) is 17.0. The van der Waals surface area contributed by atoms with E-state index < -0.39 is 12.0 Å². The molecule has 0 spiro atoms. The van der Waals surface area contributed by atoms with Gasteiger partial charge in [-0.15, -0.1) is 0 Å². The summed E-state index contributed by atoms with van der Waals surface area (Å²) in [4.78, 5) is 25.2. The van der Waals surface area contributed by atoms with E-state index in [9.17, 15) is 14.7 Å². The fourth-order valence-electron chi connectivity index (χ4n) is 2.47. The number of nitrogens with zero attached hydrogens (tertiary/aromatic N) is 3. The molecule has 0 aliphatic carbocycles. The van der Waals surface area contributed by atoms with Crippen LogP contribution in [0, 0.1) is 19.8 Å². The van der Waals surface area contributed by atoms with Crippen molar-refractivity contribution in [2.75, 3.05) is 6.54 Å². The van der Waals surface area contributed by atoms with Crippen molar-refractivity contribution in [3.8, 4) is 0 Å². The van der Waals surface area contributed by atoms with Crippen LogP contribution in [0.2, 0.25) is 0 Å². The third-order valence-electron chi connectivity index (χ3n) is 3.55. The lowest BCUT2D eigenvalue weighted by molar-refractivity contribution is -0.142. The third-order valence-corrected chi connectivity index (χ3v) is 3.55. The van der Waals surface area contributed by atoms with Gasteiger partial charge in [-0.05, 0) is 32.3 Å². The van der Waals surface area contributed by atoms with Gasteiger partial charge in [0.15, 0.2) is 0 Å². The highest BCUT2D eigenvalue weighted by molar-refractivity contribution is 5.97. The molecule has 0 bridgehead atoms. The van der Waals surface area contributed by atoms with Gasteiger partial charge in [0.25, 0.3) is 5.91 Å². The van der Waals surface area contributed by atoms with E-state index in [1.807, 2.05) is 6.92 Å². The third kappa shape index (κ3) is 2.43. The first-order valence-electron chi connectivity index (χ1n) is 6.26. The van der Waals surface area contributed by atoms with Gasteiger partial charge in [-0.3, -0.25) is 4.79 Å². The van der Waals surface area contributed by atoms with Crippen molar-refractivity contribution in [3.63, 3.8) is 0 Å². The van der Waals surface area contributed by atoms with Gasteiger partial charge in [-0.2, -0.15) is 10.2 Å². The average Bonchev–Trinajstić information content (AvgIpc) is 2.73. The molecule has 1 aromatic rings. The lowest BCUT2D eigenvalue weighted by Gasteiger charge is -2.23. The molecule has 1 N–H and O–H groups in total. The molecule has 0 radical (unpaired) electrons. The molecule has 2 heterocycles. The molecule has 1 aliphatic rings. The predicted octanol–water partition coefficient (Wildman–Crippen LogP) is 1.03. The van der Waals surface area contributed by atoms with Crippen LogP contribution in [0.1, 0.15) is 35.1 Å². The maximum absolute atomic E-state index is 12.5. The van der Waals surface area contributed by atoms with Gasteiger partial charge in [0.05, 0.1) is 17.0 Å². The van der Waals surface area contributed by atoms with Crippen molar-refractivity contribution in [2.24, 2.45) is 5.92 Å². The monoisotopic (exact) mass is 263 g/mol. The van der Waals surface area contributed by atoms with Crippen LogP contribution in [-0.2, 0) is 4.79 Å². The van der Waals surface area contributed by atoms with Gasteiger partial charge in [0.2, 0.25) is 0 Å². The molecule has 2 atom stereocenters. The second kappa shape index (κ2) is 4.95. The summed E-state index contributed by atoms with van der Waals surface area (Å²) in [6, 6.07) is 0.910. The number of hydrogen-bond donors (Lipinski definition) is 1. The van der Waals surface area contributed by atoms with Crippen molar-refractivity contribution in [2.45, 2.75) is 33.2 Å². The zero-order chi connectivity index (χ0) is 14.2. The van der Waals surface area contributed by atoms with E-state index >= 15 is 0 Å². The lowest BCUT2D eigenvalue weighted by atomic mass is 10.0. The summed E-state index contributed by atoms with van der Waals surface area (Å²) < 4.78 is 0. The Morgan fingerprint density at radius 3 is 2.68 bits per heavy atom. The van der Waals surface area contributed by atoms with Crippen molar-refractivity contribution in [1.82, 2.24) is 15.1 Å². The smallest absolute Gasteiger partial charge is 0.326 e. The van der Waals surface area contributed by atoms with Crippen LogP contribution in [-0.4, -0.2) is 44.7 Å². The van der Waals surface area contributed by atoms with E-state index in [0.717, 1.165) is 0 Å². The van der Waals surface area contributed by atoms with E-state index in [0.29, 0.717) is 29.9 Å². The molecule has 6 nitrogen and oxygen atoms in total. The van der Waals surface area contributed by atoms with E-state index in [2.05, 4.69) is 10.2 Å². The molecular formula is C13H17N3O3. The van der Waals surface area contributed by atoms with Gasteiger partial charge in [0, 0.05) is 6.54 Å². The number of aromatic nitrogens is 2. The second-order valence-corrected chi connectivity index (χ2v) is 5.03. The summed E-state index contributed by atoms with van der Waals surface area (Å²) in [7, 11) is 0. The van der Waals surface area contributed by atoms with Crippen LogP contribution < -0.4 is 0 Å². The molecule has 1 amide bonds. The molecule has 0 aromatic carbocycles. The van der Waals surface area contributed by atoms with Crippen LogP contribution in [0.3, 0.4) is 0 Å². The maximum atomic E-state index is 12.5. The zero-order valence-electron chi connectivity index (χ0n) is 11.3. The van der Waals surface area contributed by atoms with Crippen molar-refractivity contribution in [3.05, 3.63) is 23.0 Å². The highest BCUT2D eigenvalue weighted by Crippen LogP contribution is 2.26. The first kappa shape index (κ1) is 13.5. The van der Waals surface area contributed by atoms with Crippen LogP contribution in [0.25, 0.3) is 0 Å². The fraction of sp³-hybridized carbons (Fsp3) is 0.538. The Hall–Kier alpha value is -1.98. The number of aliphatic carboxylic acids is 1. The Bertz CT molecular complexity index is 530. The second-order valence-electron chi connectivity index (χ2n) is 5.03. The molecule has 1 aliphatic heterocycles. The highest BCUT2D eigenvalue weighted by atomic mass is 16.4. The summed E-state index contributed by atoms with van der Waals surface area (Å²) in [6.07, 6.45) is 0.708. The summed E-state index contributed by atoms with van der Waals surface area (Å²) in [6.45, 7) is 5.78. The first-order chi connectivity index (χ1) is 8.91. The van der Waals surface area contributed by atoms with Gasteiger partial charge in [0.1, 0.15) is 6.04 Å². The first-order valence-corrected chi connectivity index (χ1v) is 6.26. The SMILES string of the molecule is Cc1cc(C(=O)N2CCC(C)C2C(=O)O)c(C)nn1. The van der Waals surface area contributed by atoms with E-state index in [1.54, 1.807) is 19.9 Å². The number of amides is 1. The summed E-state index contributed by atoms with van der Waals surface area (Å²) >= 11 is 0. The number of rotatable bonds is 2. The van der Waals surface area contributed by atoms with Crippen molar-refractivity contribution in [1.29, 1.82) is 0 Å². The van der Waals surface area contributed by atoms with Gasteiger partial charge < -0.3 is 10.0 Å². The van der Waals surface area contributed by atoms with Gasteiger partial charge >= 0.3 is 5.97 Å². The van der Waals surface area contributed by atoms with E-state index in [4.69, 9.17) is 0 Å². The van der Waals surface area contributed by atoms with Crippen molar-refractivity contribution < 1.29 is 14.7 Å². The highest BCUT2D eigenvalue weighted by Gasteiger charge is 2.40. The molecular weight excluding hydrogens is 246 g/mol. The molecule has 1 aromatic heterocycles. The molecule has 1 saturated heterocycles. The molecule has 1 fully saturated rings. The lowest BCUT2D eigenvalue weighted by Crippen LogP contribution is -2.43. The summed E-state index contributed by atoms with van der Waals surface area (Å²) in [5.74, 6) is -1.25. The largest absolute Gasteiger partial charge is 0.480 e. The number of hydrogen-bond acceptors (Lipinski definition) is 4. The van der Waals surface area contributed by atoms with Crippen molar-refractivity contribution >= 4 is 11.9 Å². The molecule has 2 rings (SSSR count). The Kier molecular flexibility index (Phi) is 3.50. The van der Waals surface area contributed by atoms with Gasteiger partial charge in [-0.25, -0.2) is 4.79 Å². The Morgan fingerprint density at radius 1 is 1.37 bits per heavy atom. The van der Waals surface area contributed by atoms with Crippen LogP contribution >= 0.6 is 0 Å². The quantitative estimate of drug-likeness (QED) is 0.861. The molecule has 19 heavy (non-hydrogen) atoms. The molecule has 6 heteroatoms. The minimum atomic E-state index is -0.949. The topological polar surface area (TPSA) is 83.4 Å². The molecule has 0 saturated carbocycles. The number of carboxylic acids is 1. The standard InChI is InChI=1S/C13H17N3O3/c1-7-4-5-16(11(7)13(18)19)12(17)10-6-8(2)14-15-9(10)3/h6-7,11H,4-5H2,1-3H3,(H,18,19). The number of carbonyl (C=O) groups excluding carboxylic acids is 1. The Morgan fingerprint density at radius 2 is 2.05 bits per heavy atom.